The van der Waals surface area contributed by atoms with Crippen LogP contribution in [0.4, 0.5) is 15.0 Å². The van der Waals surface area contributed by atoms with Gasteiger partial charge in [-0.1, -0.05) is 18.2 Å². The van der Waals surface area contributed by atoms with Gasteiger partial charge in [-0.05, 0) is 45.7 Å². The van der Waals surface area contributed by atoms with Crippen molar-refractivity contribution < 1.29 is 18.7 Å². The maximum atomic E-state index is 15.5. The maximum absolute atomic E-state index is 15.5. The molecule has 1 fully saturated rings. The number of halogens is 1. The second-order valence-electron chi connectivity index (χ2n) is 8.87. The first-order valence-corrected chi connectivity index (χ1v) is 10.4. The Kier molecular flexibility index (Phi) is 5.53. The molecule has 1 saturated heterocycles. The van der Waals surface area contributed by atoms with E-state index in [1.54, 1.807) is 39.1 Å². The molecule has 0 radical (unpaired) electrons. The van der Waals surface area contributed by atoms with Crippen LogP contribution in [-0.2, 0) is 9.53 Å². The van der Waals surface area contributed by atoms with Crippen LogP contribution in [0.1, 0.15) is 33.6 Å². The van der Waals surface area contributed by atoms with Crippen LogP contribution in [0.5, 0.6) is 0 Å². The lowest BCUT2D eigenvalue weighted by atomic mass is 9.94. The summed E-state index contributed by atoms with van der Waals surface area (Å²) in [6.45, 7) is 5.17. The van der Waals surface area contributed by atoms with E-state index in [1.165, 1.54) is 4.90 Å². The number of H-pyrrole nitrogens is 1. The fourth-order valence-corrected chi connectivity index (χ4v) is 3.63. The molecule has 1 unspecified atom stereocenters. The Morgan fingerprint density at radius 2 is 2.03 bits per heavy atom. The number of amides is 2. The fourth-order valence-electron chi connectivity index (χ4n) is 3.63. The highest BCUT2D eigenvalue weighted by Crippen LogP contribution is 2.29. The highest BCUT2D eigenvalue weighted by molar-refractivity contribution is 5.97. The van der Waals surface area contributed by atoms with Crippen LogP contribution >= 0.6 is 0 Å². The molecule has 9 nitrogen and oxygen atoms in total. The number of anilines is 1. The number of para-hydroxylation sites is 1. The summed E-state index contributed by atoms with van der Waals surface area (Å²) in [6, 6.07) is 8.95. The maximum Gasteiger partial charge on any atom is 0.410 e. The number of alkyl halides is 1. The Morgan fingerprint density at radius 1 is 1.22 bits per heavy atom. The molecule has 2 N–H and O–H groups in total. The van der Waals surface area contributed by atoms with Gasteiger partial charge in [0, 0.05) is 17.5 Å². The van der Waals surface area contributed by atoms with E-state index in [-0.39, 0.29) is 18.8 Å². The number of likely N-dealkylation sites (tertiary alicyclic amines) is 1. The topological polar surface area (TPSA) is 113 Å². The van der Waals surface area contributed by atoms with Gasteiger partial charge in [0.05, 0.1) is 24.0 Å². The van der Waals surface area contributed by atoms with Gasteiger partial charge >= 0.3 is 6.09 Å². The summed E-state index contributed by atoms with van der Waals surface area (Å²) in [5.41, 5.74) is -0.718. The van der Waals surface area contributed by atoms with Gasteiger partial charge in [0.2, 0.25) is 5.67 Å². The fraction of sp³-hybridized carbons (Fsp3) is 0.409. The third kappa shape index (κ3) is 4.53. The third-order valence-electron chi connectivity index (χ3n) is 5.16. The Labute approximate surface area is 184 Å². The number of piperidine rings is 1. The molecule has 0 aliphatic carbocycles. The van der Waals surface area contributed by atoms with Gasteiger partial charge in [0.25, 0.3) is 5.91 Å². The summed E-state index contributed by atoms with van der Waals surface area (Å²) >= 11 is 0. The zero-order valence-corrected chi connectivity index (χ0v) is 18.2. The summed E-state index contributed by atoms with van der Waals surface area (Å²) < 4.78 is 20.8. The first-order chi connectivity index (χ1) is 15.1. The molecule has 0 bridgehead atoms. The van der Waals surface area contributed by atoms with Crippen molar-refractivity contribution in [1.82, 2.24) is 25.3 Å². The molecule has 1 aliphatic heterocycles. The highest BCUT2D eigenvalue weighted by atomic mass is 19.1. The number of aromatic nitrogens is 4. The number of hydrogen-bond donors (Lipinski definition) is 2. The minimum absolute atomic E-state index is 0.00542. The Bertz CT molecular complexity index is 1140. The van der Waals surface area contributed by atoms with Crippen molar-refractivity contribution >= 4 is 28.7 Å². The number of rotatable bonds is 3. The van der Waals surface area contributed by atoms with Gasteiger partial charge in [-0.15, -0.1) is 10.2 Å². The summed E-state index contributed by atoms with van der Waals surface area (Å²) in [5, 5.41) is 18.6. The molecule has 0 spiro atoms. The summed E-state index contributed by atoms with van der Waals surface area (Å²) in [7, 11) is 0. The zero-order valence-electron chi connectivity index (χ0n) is 18.2. The molecule has 10 heteroatoms. The summed E-state index contributed by atoms with van der Waals surface area (Å²) in [4.78, 5) is 26.2. The molecular formula is C22H25FN6O3. The van der Waals surface area contributed by atoms with Crippen molar-refractivity contribution in [3.63, 3.8) is 0 Å². The number of nitrogens with zero attached hydrogens (tertiary/aromatic N) is 4. The average Bonchev–Trinajstić information content (AvgIpc) is 3.22. The molecule has 4 rings (SSSR count). The standard InChI is InChI=1S/C22H25FN6O3/c1-21(2,3)32-20(31)29-11-5-10-22(23,13-29)19(30)25-17-9-8-16(26-27-17)15-7-4-6-14-12-24-28-18(14)15/h4,6-9,12H,5,10-11,13H2,1-3H3,(H,24,28)(H,25,27,30). The SMILES string of the molecule is CC(C)(C)OC(=O)N1CCCC(F)(C(=O)Nc2ccc(-c3cccc4cn[nH]c34)nn2)C1. The lowest BCUT2D eigenvalue weighted by Crippen LogP contribution is -2.54. The molecule has 1 aliphatic rings. The van der Waals surface area contributed by atoms with Crippen molar-refractivity contribution in [2.24, 2.45) is 0 Å². The van der Waals surface area contributed by atoms with Crippen molar-refractivity contribution in [2.75, 3.05) is 18.4 Å². The molecule has 0 saturated carbocycles. The lowest BCUT2D eigenvalue weighted by molar-refractivity contribution is -0.130. The Balaban J connectivity index is 1.45. The van der Waals surface area contributed by atoms with Gasteiger partial charge in [0.15, 0.2) is 5.82 Å². The van der Waals surface area contributed by atoms with Crippen LogP contribution in [0.2, 0.25) is 0 Å². The monoisotopic (exact) mass is 440 g/mol. The van der Waals surface area contributed by atoms with Crippen LogP contribution in [0.25, 0.3) is 22.2 Å². The van der Waals surface area contributed by atoms with Gasteiger partial charge < -0.3 is 15.0 Å². The first kappa shape index (κ1) is 21.7. The van der Waals surface area contributed by atoms with Crippen LogP contribution in [0.15, 0.2) is 36.5 Å². The minimum Gasteiger partial charge on any atom is -0.444 e. The third-order valence-corrected chi connectivity index (χ3v) is 5.16. The van der Waals surface area contributed by atoms with E-state index in [0.717, 1.165) is 16.5 Å². The number of benzene rings is 1. The van der Waals surface area contributed by atoms with Gasteiger partial charge in [-0.2, -0.15) is 5.10 Å². The van der Waals surface area contributed by atoms with Gasteiger partial charge in [-0.25, -0.2) is 9.18 Å². The van der Waals surface area contributed by atoms with E-state index in [1.807, 2.05) is 18.2 Å². The molecule has 3 heterocycles. The predicted octanol–water partition coefficient (Wildman–Crippen LogP) is 3.70. The van der Waals surface area contributed by atoms with E-state index in [0.29, 0.717) is 18.7 Å². The predicted molar refractivity (Wildman–Crippen MR) is 117 cm³/mol. The minimum atomic E-state index is -2.24. The second-order valence-corrected chi connectivity index (χ2v) is 8.87. The number of fused-ring (bicyclic) bond motifs is 1. The van der Waals surface area contributed by atoms with Crippen LogP contribution in [-0.4, -0.2) is 61.7 Å². The number of nitrogens with one attached hydrogen (secondary N) is 2. The quantitative estimate of drug-likeness (QED) is 0.642. The molecule has 1 atom stereocenters. The van der Waals surface area contributed by atoms with Crippen molar-refractivity contribution in [3.8, 4) is 11.3 Å². The molecular weight excluding hydrogens is 415 g/mol. The molecule has 32 heavy (non-hydrogen) atoms. The molecule has 168 valence electrons. The van der Waals surface area contributed by atoms with E-state index in [9.17, 15) is 9.59 Å². The highest BCUT2D eigenvalue weighted by Gasteiger charge is 2.45. The number of carbonyl (C=O) groups is 2. The van der Waals surface area contributed by atoms with Crippen molar-refractivity contribution in [1.29, 1.82) is 0 Å². The summed E-state index contributed by atoms with van der Waals surface area (Å²) in [5.74, 6) is -0.731. The van der Waals surface area contributed by atoms with Gasteiger partial charge in [0.1, 0.15) is 5.60 Å². The van der Waals surface area contributed by atoms with Crippen molar-refractivity contribution in [3.05, 3.63) is 36.5 Å². The van der Waals surface area contributed by atoms with E-state index in [2.05, 4.69) is 25.7 Å². The van der Waals surface area contributed by atoms with Crippen LogP contribution < -0.4 is 5.32 Å². The smallest absolute Gasteiger partial charge is 0.410 e. The number of hydrogen-bond acceptors (Lipinski definition) is 6. The molecule has 1 aromatic carbocycles. The van der Waals surface area contributed by atoms with E-state index in [4.69, 9.17) is 4.74 Å². The molecule has 2 aromatic heterocycles. The molecule has 2 amide bonds. The van der Waals surface area contributed by atoms with E-state index < -0.39 is 23.3 Å². The number of aromatic amines is 1. The largest absolute Gasteiger partial charge is 0.444 e. The Hall–Kier alpha value is -3.56. The van der Waals surface area contributed by atoms with Crippen molar-refractivity contribution in [2.45, 2.75) is 44.9 Å². The Morgan fingerprint density at radius 3 is 2.75 bits per heavy atom. The van der Waals surface area contributed by atoms with Crippen LogP contribution in [0.3, 0.4) is 0 Å². The average molecular weight is 440 g/mol. The van der Waals surface area contributed by atoms with E-state index >= 15 is 4.39 Å². The lowest BCUT2D eigenvalue weighted by Gasteiger charge is -2.36. The summed E-state index contributed by atoms with van der Waals surface area (Å²) in [6.07, 6.45) is 1.43. The zero-order chi connectivity index (χ0) is 22.9. The second kappa shape index (κ2) is 8.18. The number of carbonyl (C=O) groups excluding carboxylic acids is 2. The first-order valence-electron chi connectivity index (χ1n) is 10.4. The van der Waals surface area contributed by atoms with Crippen LogP contribution in [0, 0.1) is 0 Å². The normalized spacial score (nSPS) is 19.1. The molecule has 3 aromatic rings. The van der Waals surface area contributed by atoms with Gasteiger partial charge in [-0.3, -0.25) is 9.89 Å². The number of ether oxygens (including phenoxy) is 1.